The molecule has 1 saturated carbocycles. The SMILES string of the molecule is O=C(NCC1(N2CCOCC2)CCSC1)c1cc(C2CC2)[nH]n1. The number of carbonyl (C=O) groups excluding carboxylic acids is 1. The Morgan fingerprint density at radius 3 is 3.00 bits per heavy atom. The summed E-state index contributed by atoms with van der Waals surface area (Å²) in [5.74, 6) is 2.79. The molecular weight excluding hydrogens is 312 g/mol. The van der Waals surface area contributed by atoms with Gasteiger partial charge in [-0.1, -0.05) is 0 Å². The van der Waals surface area contributed by atoms with E-state index in [1.165, 1.54) is 18.6 Å². The summed E-state index contributed by atoms with van der Waals surface area (Å²) in [6, 6.07) is 1.91. The summed E-state index contributed by atoms with van der Waals surface area (Å²) in [7, 11) is 0. The lowest BCUT2D eigenvalue weighted by molar-refractivity contribution is -0.0129. The first-order valence-electron chi connectivity index (χ1n) is 8.51. The Kier molecular flexibility index (Phi) is 4.34. The minimum absolute atomic E-state index is 0.0577. The van der Waals surface area contributed by atoms with Crippen molar-refractivity contribution in [3.8, 4) is 0 Å². The lowest BCUT2D eigenvalue weighted by Crippen LogP contribution is -2.59. The van der Waals surface area contributed by atoms with Gasteiger partial charge in [0.1, 0.15) is 5.69 Å². The second-order valence-corrected chi connectivity index (χ2v) is 7.90. The van der Waals surface area contributed by atoms with E-state index in [4.69, 9.17) is 4.74 Å². The van der Waals surface area contributed by atoms with Crippen molar-refractivity contribution in [3.63, 3.8) is 0 Å². The van der Waals surface area contributed by atoms with Crippen LogP contribution in [0.3, 0.4) is 0 Å². The largest absolute Gasteiger partial charge is 0.379 e. The Hall–Kier alpha value is -1.05. The molecule has 2 N–H and O–H groups in total. The molecule has 0 bridgehead atoms. The van der Waals surface area contributed by atoms with Crippen LogP contribution in [-0.2, 0) is 4.74 Å². The zero-order valence-electron chi connectivity index (χ0n) is 13.3. The van der Waals surface area contributed by atoms with Gasteiger partial charge in [0.2, 0.25) is 0 Å². The summed E-state index contributed by atoms with van der Waals surface area (Å²) in [5.41, 5.74) is 1.71. The van der Waals surface area contributed by atoms with Gasteiger partial charge < -0.3 is 10.1 Å². The number of aromatic amines is 1. The summed E-state index contributed by atoms with van der Waals surface area (Å²) in [6.07, 6.45) is 3.55. The fourth-order valence-corrected chi connectivity index (χ4v) is 5.00. The highest BCUT2D eigenvalue weighted by molar-refractivity contribution is 7.99. The molecule has 2 aliphatic heterocycles. The third kappa shape index (κ3) is 3.27. The van der Waals surface area contributed by atoms with Crippen molar-refractivity contribution < 1.29 is 9.53 Å². The quantitative estimate of drug-likeness (QED) is 0.846. The zero-order chi connectivity index (χ0) is 15.7. The molecule has 1 aliphatic carbocycles. The molecule has 7 heteroatoms. The van der Waals surface area contributed by atoms with Gasteiger partial charge in [-0.05, 0) is 31.1 Å². The maximum atomic E-state index is 12.4. The number of morpholine rings is 1. The molecule has 1 aromatic rings. The molecular formula is C16H24N4O2S. The number of ether oxygens (including phenoxy) is 1. The fourth-order valence-electron chi connectivity index (χ4n) is 3.53. The third-order valence-electron chi connectivity index (χ3n) is 5.19. The molecule has 2 saturated heterocycles. The minimum atomic E-state index is -0.0577. The number of hydrogen-bond acceptors (Lipinski definition) is 5. The zero-order valence-corrected chi connectivity index (χ0v) is 14.2. The van der Waals surface area contributed by atoms with E-state index in [9.17, 15) is 4.79 Å². The van der Waals surface area contributed by atoms with Crippen LogP contribution in [0.1, 0.15) is 41.4 Å². The highest BCUT2D eigenvalue weighted by Gasteiger charge is 2.41. The summed E-state index contributed by atoms with van der Waals surface area (Å²) < 4.78 is 5.48. The fraction of sp³-hybridized carbons (Fsp3) is 0.750. The second-order valence-electron chi connectivity index (χ2n) is 6.79. The van der Waals surface area contributed by atoms with Crippen molar-refractivity contribution in [2.24, 2.45) is 0 Å². The number of aromatic nitrogens is 2. The molecule has 0 radical (unpaired) electrons. The highest BCUT2D eigenvalue weighted by atomic mass is 32.2. The van der Waals surface area contributed by atoms with Crippen LogP contribution in [0, 0.1) is 0 Å². The van der Waals surface area contributed by atoms with E-state index in [0.29, 0.717) is 18.2 Å². The molecule has 1 unspecified atom stereocenters. The minimum Gasteiger partial charge on any atom is -0.379 e. The van der Waals surface area contributed by atoms with Crippen LogP contribution in [0.2, 0.25) is 0 Å². The first-order chi connectivity index (χ1) is 11.3. The second kappa shape index (κ2) is 6.45. The predicted octanol–water partition coefficient (Wildman–Crippen LogP) is 1.22. The summed E-state index contributed by atoms with van der Waals surface area (Å²) >= 11 is 1.98. The van der Waals surface area contributed by atoms with E-state index in [-0.39, 0.29) is 11.4 Å². The topological polar surface area (TPSA) is 70.2 Å². The molecule has 0 aromatic carbocycles. The van der Waals surface area contributed by atoms with Crippen LogP contribution in [0.25, 0.3) is 0 Å². The average Bonchev–Trinajstić information content (AvgIpc) is 3.14. The predicted molar refractivity (Wildman–Crippen MR) is 90.0 cm³/mol. The molecule has 1 aromatic heterocycles. The number of nitrogens with zero attached hydrogens (tertiary/aromatic N) is 2. The van der Waals surface area contributed by atoms with Crippen LogP contribution in [0.4, 0.5) is 0 Å². The number of nitrogens with one attached hydrogen (secondary N) is 2. The number of thioether (sulfide) groups is 1. The molecule has 6 nitrogen and oxygen atoms in total. The molecule has 126 valence electrons. The van der Waals surface area contributed by atoms with Gasteiger partial charge in [0.15, 0.2) is 0 Å². The number of hydrogen-bond donors (Lipinski definition) is 2. The van der Waals surface area contributed by atoms with Gasteiger partial charge in [0.05, 0.1) is 13.2 Å². The number of amides is 1. The van der Waals surface area contributed by atoms with Gasteiger partial charge in [0.25, 0.3) is 5.91 Å². The third-order valence-corrected chi connectivity index (χ3v) is 6.42. The van der Waals surface area contributed by atoms with Crippen molar-refractivity contribution in [2.75, 3.05) is 44.4 Å². The van der Waals surface area contributed by atoms with E-state index < -0.39 is 0 Å². The monoisotopic (exact) mass is 336 g/mol. The molecule has 4 rings (SSSR count). The molecule has 1 atom stereocenters. The number of H-pyrrole nitrogens is 1. The van der Waals surface area contributed by atoms with Crippen LogP contribution in [0.15, 0.2) is 6.07 Å². The van der Waals surface area contributed by atoms with Crippen molar-refractivity contribution in [3.05, 3.63) is 17.5 Å². The smallest absolute Gasteiger partial charge is 0.271 e. The van der Waals surface area contributed by atoms with Crippen molar-refractivity contribution >= 4 is 17.7 Å². The molecule has 3 heterocycles. The Morgan fingerprint density at radius 2 is 2.30 bits per heavy atom. The molecule has 3 fully saturated rings. The van der Waals surface area contributed by atoms with Gasteiger partial charge in [0, 0.05) is 42.5 Å². The first-order valence-corrected chi connectivity index (χ1v) is 9.66. The van der Waals surface area contributed by atoms with E-state index in [1.54, 1.807) is 0 Å². The first kappa shape index (κ1) is 15.5. The van der Waals surface area contributed by atoms with E-state index in [2.05, 4.69) is 20.4 Å². The van der Waals surface area contributed by atoms with Crippen LogP contribution >= 0.6 is 11.8 Å². The van der Waals surface area contributed by atoms with Gasteiger partial charge >= 0.3 is 0 Å². The number of carbonyl (C=O) groups is 1. The lowest BCUT2D eigenvalue weighted by Gasteiger charge is -2.43. The highest BCUT2D eigenvalue weighted by Crippen LogP contribution is 2.39. The van der Waals surface area contributed by atoms with E-state index in [0.717, 1.165) is 44.2 Å². The summed E-state index contributed by atoms with van der Waals surface area (Å²) in [6.45, 7) is 4.22. The Balaban J connectivity index is 1.39. The van der Waals surface area contributed by atoms with Crippen LogP contribution in [0.5, 0.6) is 0 Å². The Morgan fingerprint density at radius 1 is 1.48 bits per heavy atom. The average molecular weight is 336 g/mol. The van der Waals surface area contributed by atoms with Gasteiger partial charge in [-0.25, -0.2) is 0 Å². The normalized spacial score (nSPS) is 28.9. The van der Waals surface area contributed by atoms with Crippen molar-refractivity contribution in [1.29, 1.82) is 0 Å². The molecule has 3 aliphatic rings. The van der Waals surface area contributed by atoms with Gasteiger partial charge in [-0.2, -0.15) is 16.9 Å². The van der Waals surface area contributed by atoms with Crippen molar-refractivity contribution in [1.82, 2.24) is 20.4 Å². The van der Waals surface area contributed by atoms with Gasteiger partial charge in [-0.15, -0.1) is 0 Å². The van der Waals surface area contributed by atoms with Crippen molar-refractivity contribution in [2.45, 2.75) is 30.7 Å². The number of rotatable bonds is 5. The maximum absolute atomic E-state index is 12.4. The molecule has 0 spiro atoms. The molecule has 23 heavy (non-hydrogen) atoms. The van der Waals surface area contributed by atoms with E-state index in [1.807, 2.05) is 17.8 Å². The van der Waals surface area contributed by atoms with E-state index >= 15 is 0 Å². The Labute approximate surface area is 140 Å². The maximum Gasteiger partial charge on any atom is 0.271 e. The van der Waals surface area contributed by atoms with Crippen LogP contribution < -0.4 is 5.32 Å². The summed E-state index contributed by atoms with van der Waals surface area (Å²) in [5, 5.41) is 10.3. The molecule has 1 amide bonds. The summed E-state index contributed by atoms with van der Waals surface area (Å²) in [4.78, 5) is 14.9. The van der Waals surface area contributed by atoms with Gasteiger partial charge in [-0.3, -0.25) is 14.8 Å². The lowest BCUT2D eigenvalue weighted by atomic mass is 9.95. The van der Waals surface area contributed by atoms with Crippen LogP contribution in [-0.4, -0.2) is 70.9 Å². The Bertz CT molecular complexity index is 560. The standard InChI is InChI=1S/C16H24N4O2S/c21-15(14-9-13(18-19-14)12-1-2-12)17-10-16(3-8-23-11-16)20-4-6-22-7-5-20/h9,12H,1-8,10-11H2,(H,17,21)(H,18,19).